The molecule has 0 saturated carbocycles. The highest BCUT2D eigenvalue weighted by Gasteiger charge is 2.13. The Labute approximate surface area is 78.8 Å². The summed E-state index contributed by atoms with van der Waals surface area (Å²) in [5.41, 5.74) is 0. The van der Waals surface area contributed by atoms with Crippen LogP contribution in [0, 0.1) is 11.3 Å². The fourth-order valence-corrected chi connectivity index (χ4v) is 1.24. The molecule has 1 atom stereocenters. The maximum Gasteiger partial charge on any atom is 0.300 e. The van der Waals surface area contributed by atoms with E-state index in [1.807, 2.05) is 0 Å². The van der Waals surface area contributed by atoms with Crippen molar-refractivity contribution in [2.24, 2.45) is 5.92 Å². The molecular formula is C9H18N2O2. The van der Waals surface area contributed by atoms with E-state index in [4.69, 9.17) is 15.3 Å². The van der Waals surface area contributed by atoms with Gasteiger partial charge in [0.1, 0.15) is 0 Å². The van der Waals surface area contributed by atoms with E-state index in [1.54, 1.807) is 0 Å². The van der Waals surface area contributed by atoms with Crippen LogP contribution in [0.4, 0.5) is 0 Å². The Morgan fingerprint density at radius 3 is 2.62 bits per heavy atom. The van der Waals surface area contributed by atoms with Crippen LogP contribution in [-0.4, -0.2) is 23.5 Å². The average Bonchev–Trinajstić information content (AvgIpc) is 2.03. The molecule has 0 aromatic heterocycles. The molecule has 1 aliphatic rings. The first kappa shape index (κ1) is 11.9. The topological polar surface area (TPSA) is 73.2 Å². The van der Waals surface area contributed by atoms with Crippen molar-refractivity contribution in [2.75, 3.05) is 6.54 Å². The van der Waals surface area contributed by atoms with Crippen LogP contribution in [0.3, 0.4) is 0 Å². The molecule has 4 heteroatoms. The van der Waals surface area contributed by atoms with Crippen LogP contribution in [0.2, 0.25) is 0 Å². The third-order valence-electron chi connectivity index (χ3n) is 1.96. The number of hydrogen-bond acceptors (Lipinski definition) is 2. The van der Waals surface area contributed by atoms with E-state index in [-0.39, 0.29) is 0 Å². The van der Waals surface area contributed by atoms with E-state index in [9.17, 15) is 0 Å². The summed E-state index contributed by atoms with van der Waals surface area (Å²) in [6.07, 6.45) is 3.44. The Hall–Kier alpha value is -1.06. The lowest BCUT2D eigenvalue weighted by molar-refractivity contribution is -0.134. The van der Waals surface area contributed by atoms with E-state index in [0.29, 0.717) is 0 Å². The largest absolute Gasteiger partial charge is 0.481 e. The number of aliphatic carboxylic acids is 1. The number of carboxylic acid groups (broad SMARTS) is 1. The molecule has 0 radical (unpaired) electrons. The van der Waals surface area contributed by atoms with Gasteiger partial charge in [-0.25, -0.2) is 0 Å². The van der Waals surface area contributed by atoms with E-state index in [2.05, 4.69) is 12.2 Å². The number of nitrogens with one attached hydrogen (secondary N) is 2. The smallest absolute Gasteiger partial charge is 0.300 e. The van der Waals surface area contributed by atoms with Gasteiger partial charge in [-0.05, 0) is 12.3 Å². The predicted molar refractivity (Wildman–Crippen MR) is 52.1 cm³/mol. The molecule has 4 nitrogen and oxygen atoms in total. The highest BCUT2D eigenvalue weighted by Crippen LogP contribution is 2.15. The SMILES string of the molecule is CC(=O)O.CCC1CCNC(=N)C1. The Kier molecular flexibility index (Phi) is 5.93. The molecule has 1 heterocycles. The van der Waals surface area contributed by atoms with E-state index < -0.39 is 5.97 Å². The molecule has 76 valence electrons. The number of carboxylic acids is 1. The summed E-state index contributed by atoms with van der Waals surface area (Å²) < 4.78 is 0. The first-order valence-electron chi connectivity index (χ1n) is 4.57. The van der Waals surface area contributed by atoms with Gasteiger partial charge in [-0.15, -0.1) is 0 Å². The summed E-state index contributed by atoms with van der Waals surface area (Å²) in [7, 11) is 0. The van der Waals surface area contributed by atoms with E-state index in [1.165, 1.54) is 12.8 Å². The first-order valence-corrected chi connectivity index (χ1v) is 4.57. The van der Waals surface area contributed by atoms with Gasteiger partial charge in [-0.3, -0.25) is 10.2 Å². The van der Waals surface area contributed by atoms with Crippen molar-refractivity contribution in [3.63, 3.8) is 0 Å². The molecule has 13 heavy (non-hydrogen) atoms. The molecule has 0 aromatic rings. The van der Waals surface area contributed by atoms with Crippen LogP contribution < -0.4 is 5.32 Å². The maximum absolute atomic E-state index is 9.00. The van der Waals surface area contributed by atoms with Crippen LogP contribution in [0.15, 0.2) is 0 Å². The third kappa shape index (κ3) is 7.31. The molecule has 1 saturated heterocycles. The lowest BCUT2D eigenvalue weighted by Gasteiger charge is -2.22. The van der Waals surface area contributed by atoms with Gasteiger partial charge in [0.05, 0.1) is 5.84 Å². The lowest BCUT2D eigenvalue weighted by Crippen LogP contribution is -2.32. The van der Waals surface area contributed by atoms with Crippen LogP contribution in [0.5, 0.6) is 0 Å². The van der Waals surface area contributed by atoms with Crippen molar-refractivity contribution < 1.29 is 9.90 Å². The number of hydrogen-bond donors (Lipinski definition) is 3. The summed E-state index contributed by atoms with van der Waals surface area (Å²) in [5.74, 6) is 0.673. The van der Waals surface area contributed by atoms with Crippen LogP contribution in [-0.2, 0) is 4.79 Å². The molecule has 1 unspecified atom stereocenters. The Morgan fingerprint density at radius 2 is 2.31 bits per heavy atom. The number of carbonyl (C=O) groups is 1. The normalized spacial score (nSPS) is 21.1. The summed E-state index contributed by atoms with van der Waals surface area (Å²) in [6, 6.07) is 0. The zero-order valence-electron chi connectivity index (χ0n) is 8.26. The zero-order chi connectivity index (χ0) is 10.3. The van der Waals surface area contributed by atoms with Gasteiger partial charge < -0.3 is 10.4 Å². The Bertz CT molecular complexity index is 176. The molecule has 0 amide bonds. The van der Waals surface area contributed by atoms with Crippen molar-refractivity contribution in [3.8, 4) is 0 Å². The van der Waals surface area contributed by atoms with Crippen molar-refractivity contribution in [3.05, 3.63) is 0 Å². The minimum atomic E-state index is -0.833. The lowest BCUT2D eigenvalue weighted by atomic mass is 9.95. The van der Waals surface area contributed by atoms with Gasteiger partial charge in [-0.1, -0.05) is 13.3 Å². The fraction of sp³-hybridized carbons (Fsp3) is 0.778. The predicted octanol–water partition coefficient (Wildman–Crippen LogP) is 1.46. The molecule has 0 aliphatic carbocycles. The van der Waals surface area contributed by atoms with E-state index in [0.717, 1.165) is 31.6 Å². The summed E-state index contributed by atoms with van der Waals surface area (Å²) in [6.45, 7) is 4.29. The molecular weight excluding hydrogens is 168 g/mol. The molecule has 0 aromatic carbocycles. The minimum absolute atomic E-state index is 0.730. The average molecular weight is 186 g/mol. The molecule has 0 bridgehead atoms. The first-order chi connectivity index (χ1) is 6.06. The van der Waals surface area contributed by atoms with Crippen LogP contribution in [0.25, 0.3) is 0 Å². The zero-order valence-corrected chi connectivity index (χ0v) is 8.26. The van der Waals surface area contributed by atoms with Gasteiger partial charge in [0.15, 0.2) is 0 Å². The van der Waals surface area contributed by atoms with Gasteiger partial charge in [-0.2, -0.15) is 0 Å². The van der Waals surface area contributed by atoms with Gasteiger partial charge >= 0.3 is 0 Å². The maximum atomic E-state index is 9.00. The quantitative estimate of drug-likeness (QED) is 0.580. The second-order valence-electron chi connectivity index (χ2n) is 3.19. The highest BCUT2D eigenvalue weighted by molar-refractivity contribution is 5.79. The minimum Gasteiger partial charge on any atom is -0.481 e. The summed E-state index contributed by atoms with van der Waals surface area (Å²) in [4.78, 5) is 9.00. The fourth-order valence-electron chi connectivity index (χ4n) is 1.24. The second-order valence-corrected chi connectivity index (χ2v) is 3.19. The standard InChI is InChI=1S/C7H14N2.C2H4O2/c1-2-6-3-4-9-7(8)5-6;1-2(3)4/h6H,2-5H2,1H3,(H2,8,9);1H3,(H,3,4). The van der Waals surface area contributed by atoms with Crippen molar-refractivity contribution in [1.29, 1.82) is 5.41 Å². The van der Waals surface area contributed by atoms with Crippen molar-refractivity contribution in [1.82, 2.24) is 5.32 Å². The summed E-state index contributed by atoms with van der Waals surface area (Å²) >= 11 is 0. The Morgan fingerprint density at radius 1 is 1.77 bits per heavy atom. The molecule has 1 fully saturated rings. The summed E-state index contributed by atoms with van der Waals surface area (Å²) in [5, 5.41) is 17.8. The van der Waals surface area contributed by atoms with E-state index >= 15 is 0 Å². The monoisotopic (exact) mass is 186 g/mol. The second kappa shape index (κ2) is 6.46. The van der Waals surface area contributed by atoms with Crippen LogP contribution in [0.1, 0.15) is 33.1 Å². The van der Waals surface area contributed by atoms with Gasteiger partial charge in [0.25, 0.3) is 5.97 Å². The molecule has 1 aliphatic heterocycles. The molecule has 1 rings (SSSR count). The number of piperidine rings is 1. The highest BCUT2D eigenvalue weighted by atomic mass is 16.4. The van der Waals surface area contributed by atoms with Gasteiger partial charge in [0.2, 0.25) is 0 Å². The molecule has 0 spiro atoms. The number of amidine groups is 1. The molecule has 3 N–H and O–H groups in total. The van der Waals surface area contributed by atoms with Crippen molar-refractivity contribution >= 4 is 11.8 Å². The third-order valence-corrected chi connectivity index (χ3v) is 1.96. The van der Waals surface area contributed by atoms with Crippen LogP contribution >= 0.6 is 0 Å². The van der Waals surface area contributed by atoms with Gasteiger partial charge in [0, 0.05) is 19.9 Å². The Balaban J connectivity index is 0.000000310. The number of rotatable bonds is 1. The van der Waals surface area contributed by atoms with Crippen molar-refractivity contribution in [2.45, 2.75) is 33.1 Å².